The number of fused-ring (bicyclic) bond motifs is 1. The zero-order valence-electron chi connectivity index (χ0n) is 27.0. The Bertz CT molecular complexity index is 1190. The normalized spacial score (nSPS) is 24.5. The minimum Gasteiger partial charge on any atom is -0.430 e. The summed E-state index contributed by atoms with van der Waals surface area (Å²) in [4.78, 5) is 79.7. The number of esters is 1. The molecule has 2 saturated carbocycles. The van der Waals surface area contributed by atoms with Crippen LogP contribution < -0.4 is 21.7 Å². The van der Waals surface area contributed by atoms with E-state index in [1.165, 1.54) is 11.8 Å². The van der Waals surface area contributed by atoms with E-state index in [0.29, 0.717) is 13.0 Å². The molecule has 1 aliphatic heterocycles. The largest absolute Gasteiger partial charge is 0.430 e. The summed E-state index contributed by atoms with van der Waals surface area (Å²) in [6, 6.07) is -4.78. The van der Waals surface area contributed by atoms with Gasteiger partial charge in [-0.2, -0.15) is 0 Å². The van der Waals surface area contributed by atoms with Crippen LogP contribution in [0.1, 0.15) is 81.6 Å². The highest BCUT2D eigenvalue weighted by Gasteiger charge is 2.70. The number of amides is 5. The third kappa shape index (κ3) is 7.75. The molecule has 3 aliphatic rings. The second kappa shape index (κ2) is 11.9. The van der Waals surface area contributed by atoms with E-state index in [1.807, 2.05) is 13.8 Å². The molecule has 12 nitrogen and oxygen atoms in total. The van der Waals surface area contributed by atoms with Crippen LogP contribution in [0.4, 0.5) is 4.79 Å². The number of likely N-dealkylation sites (tertiary alicyclic amines) is 1. The van der Waals surface area contributed by atoms with Gasteiger partial charge in [0.05, 0.1) is 11.8 Å². The molecule has 3 fully saturated rings. The number of carbonyl (C=O) groups is 6. The van der Waals surface area contributed by atoms with E-state index in [0.717, 1.165) is 12.8 Å². The van der Waals surface area contributed by atoms with Crippen molar-refractivity contribution in [2.45, 2.75) is 106 Å². The Balaban J connectivity index is 1.83. The molecule has 1 saturated heterocycles. The molecule has 43 heavy (non-hydrogen) atoms. The molecule has 0 radical (unpaired) electrons. The predicted molar refractivity (Wildman–Crippen MR) is 159 cm³/mol. The Labute approximate surface area is 254 Å². The molecule has 0 aromatic rings. The van der Waals surface area contributed by atoms with E-state index in [2.05, 4.69) is 22.5 Å². The van der Waals surface area contributed by atoms with Crippen LogP contribution in [0.3, 0.4) is 0 Å². The minimum absolute atomic E-state index is 0.0533. The van der Waals surface area contributed by atoms with Crippen LogP contribution in [-0.4, -0.2) is 71.1 Å². The van der Waals surface area contributed by atoms with Crippen molar-refractivity contribution in [2.24, 2.45) is 39.7 Å². The third-order valence-corrected chi connectivity index (χ3v) is 8.94. The number of nitrogens with one attached hydrogen (secondary N) is 3. The fraction of sp³-hybridized carbons (Fsp3) is 0.742. The summed E-state index contributed by atoms with van der Waals surface area (Å²) in [6.07, 6.45) is 2.14. The molecule has 5 N–H and O–H groups in total. The summed E-state index contributed by atoms with van der Waals surface area (Å²) in [7, 11) is 0. The predicted octanol–water partition coefficient (Wildman–Crippen LogP) is 2.01. The fourth-order valence-electron chi connectivity index (χ4n) is 6.14. The number of hydrogen-bond donors (Lipinski definition) is 4. The first-order valence-electron chi connectivity index (χ1n) is 15.0. The molecule has 1 heterocycles. The number of Topliss-reactive ketones (excluding diaryl/α,β-unsaturated/α-hetero) is 1. The van der Waals surface area contributed by atoms with Crippen molar-refractivity contribution in [3.05, 3.63) is 12.3 Å². The van der Waals surface area contributed by atoms with Crippen molar-refractivity contribution >= 4 is 35.5 Å². The first-order chi connectivity index (χ1) is 19.6. The van der Waals surface area contributed by atoms with Crippen molar-refractivity contribution in [1.29, 1.82) is 0 Å². The number of rotatable bonds is 11. The Morgan fingerprint density at radius 1 is 0.953 bits per heavy atom. The Morgan fingerprint density at radius 3 is 1.95 bits per heavy atom. The van der Waals surface area contributed by atoms with Crippen molar-refractivity contribution in [2.75, 3.05) is 6.54 Å². The van der Waals surface area contributed by atoms with Crippen LogP contribution in [0.25, 0.3) is 0 Å². The highest BCUT2D eigenvalue weighted by molar-refractivity contribution is 6.37. The third-order valence-electron chi connectivity index (χ3n) is 8.94. The lowest BCUT2D eigenvalue weighted by atomic mass is 9.85. The van der Waals surface area contributed by atoms with Crippen LogP contribution in [0.15, 0.2) is 12.3 Å². The Kier molecular flexibility index (Phi) is 9.44. The van der Waals surface area contributed by atoms with Gasteiger partial charge in [0.25, 0.3) is 5.91 Å². The number of ether oxygens (including phenoxy) is 1. The summed E-state index contributed by atoms with van der Waals surface area (Å²) < 4.78 is 5.16. The van der Waals surface area contributed by atoms with Gasteiger partial charge in [-0.25, -0.2) is 9.59 Å². The average Bonchev–Trinajstić information content (AvgIpc) is 3.70. The highest BCUT2D eigenvalue weighted by atomic mass is 16.5. The van der Waals surface area contributed by atoms with Gasteiger partial charge in [0, 0.05) is 6.54 Å². The van der Waals surface area contributed by atoms with Crippen LogP contribution in [-0.2, 0) is 28.7 Å². The van der Waals surface area contributed by atoms with Gasteiger partial charge < -0.3 is 31.3 Å². The number of piperidine rings is 1. The van der Waals surface area contributed by atoms with E-state index >= 15 is 0 Å². The lowest BCUT2D eigenvalue weighted by Gasteiger charge is -2.38. The molecular weight excluding hydrogens is 554 g/mol. The summed E-state index contributed by atoms with van der Waals surface area (Å²) >= 11 is 0. The standard InChI is InChI=1S/C31H49N5O7/c1-15(2)43-27(41)23(30(6,7)8)35-28(42)34-22(29(3,4)5)26(40)36-14-17-19(31(17,9)10)20(36)25(39)33-18(13-16-11-12-16)21(37)24(32)38/h16-20,22-23H,1,11-14H2,2-10H3,(H2,32,38)(H,33,39)(H2,34,35,42)/t17-,18?,19-,20-,22+,23+/m0/s1. The molecule has 0 bridgehead atoms. The number of nitrogens with zero attached hydrogens (tertiary/aromatic N) is 1. The van der Waals surface area contributed by atoms with Crippen molar-refractivity contribution in [3.63, 3.8) is 0 Å². The quantitative estimate of drug-likeness (QED) is 0.159. The Morgan fingerprint density at radius 2 is 1.49 bits per heavy atom. The molecule has 2 aliphatic carbocycles. The number of hydrogen-bond acceptors (Lipinski definition) is 7. The van der Waals surface area contributed by atoms with Crippen LogP contribution in [0.5, 0.6) is 0 Å². The van der Waals surface area contributed by atoms with Crippen molar-refractivity contribution < 1.29 is 33.5 Å². The molecule has 12 heteroatoms. The van der Waals surface area contributed by atoms with Crippen LogP contribution >= 0.6 is 0 Å². The number of nitrogens with two attached hydrogens (primary N) is 1. The van der Waals surface area contributed by atoms with E-state index in [4.69, 9.17) is 10.5 Å². The first-order valence-corrected chi connectivity index (χ1v) is 15.0. The number of primary amides is 1. The van der Waals surface area contributed by atoms with Crippen LogP contribution in [0, 0.1) is 34.0 Å². The fourth-order valence-corrected chi connectivity index (χ4v) is 6.14. The van der Waals surface area contributed by atoms with Gasteiger partial charge in [0.1, 0.15) is 18.1 Å². The summed E-state index contributed by atoms with van der Waals surface area (Å²) in [5.41, 5.74) is 3.58. The van der Waals surface area contributed by atoms with E-state index in [9.17, 15) is 28.8 Å². The van der Waals surface area contributed by atoms with Gasteiger partial charge in [0.15, 0.2) is 0 Å². The van der Waals surface area contributed by atoms with E-state index < -0.39 is 70.5 Å². The maximum absolute atomic E-state index is 14.2. The van der Waals surface area contributed by atoms with Gasteiger partial charge in [-0.15, -0.1) is 0 Å². The highest BCUT2D eigenvalue weighted by Crippen LogP contribution is 2.65. The Hall–Kier alpha value is -3.44. The van der Waals surface area contributed by atoms with E-state index in [1.54, 1.807) is 41.5 Å². The maximum atomic E-state index is 14.2. The first kappa shape index (κ1) is 34.1. The van der Waals surface area contributed by atoms with Gasteiger partial charge in [-0.3, -0.25) is 19.2 Å². The van der Waals surface area contributed by atoms with Gasteiger partial charge in [0.2, 0.25) is 17.6 Å². The zero-order valence-corrected chi connectivity index (χ0v) is 27.0. The topological polar surface area (TPSA) is 177 Å². The average molecular weight is 604 g/mol. The van der Waals surface area contributed by atoms with Gasteiger partial charge in [-0.1, -0.05) is 74.8 Å². The molecule has 0 aromatic heterocycles. The molecule has 0 aromatic carbocycles. The molecule has 240 valence electrons. The summed E-state index contributed by atoms with van der Waals surface area (Å²) in [5, 5.41) is 8.13. The smallest absolute Gasteiger partial charge is 0.334 e. The number of allylic oxidation sites excluding steroid dienone is 1. The van der Waals surface area contributed by atoms with Crippen molar-refractivity contribution in [1.82, 2.24) is 20.9 Å². The SMILES string of the molecule is C=C(C)OC(=O)[C@@H](NC(=O)N[C@H](C(=O)N1C[C@H]2[C@@H]([C@H]1C(=O)NC(CC1CC1)C(=O)C(N)=O)C2(C)C)C(C)(C)C)C(C)(C)C. The second-order valence-electron chi connectivity index (χ2n) is 15.2. The van der Waals surface area contributed by atoms with Crippen molar-refractivity contribution in [3.8, 4) is 0 Å². The number of ketones is 1. The maximum Gasteiger partial charge on any atom is 0.334 e. The zero-order chi connectivity index (χ0) is 32.8. The second-order valence-corrected chi connectivity index (χ2v) is 15.2. The number of carbonyl (C=O) groups excluding carboxylic acids is 6. The lowest BCUT2D eigenvalue weighted by Crippen LogP contribution is -2.62. The van der Waals surface area contributed by atoms with E-state index in [-0.39, 0.29) is 28.9 Å². The summed E-state index contributed by atoms with van der Waals surface area (Å²) in [5.74, 6) is -3.30. The lowest BCUT2D eigenvalue weighted by molar-refractivity contribution is -0.145. The monoisotopic (exact) mass is 603 g/mol. The molecule has 3 rings (SSSR count). The molecular formula is C31H49N5O7. The summed E-state index contributed by atoms with van der Waals surface area (Å²) in [6.45, 7) is 20.2. The minimum atomic E-state index is -1.11. The molecule has 6 atom stereocenters. The van der Waals surface area contributed by atoms with Gasteiger partial charge >= 0.3 is 12.0 Å². The number of urea groups is 1. The molecule has 0 spiro atoms. The molecule has 5 amide bonds. The van der Waals surface area contributed by atoms with Crippen LogP contribution in [0.2, 0.25) is 0 Å². The molecule has 1 unspecified atom stereocenters. The van der Waals surface area contributed by atoms with Gasteiger partial charge in [-0.05, 0) is 47.3 Å².